The molecule has 0 aliphatic rings. The summed E-state index contributed by atoms with van der Waals surface area (Å²) >= 11 is 1.41. The van der Waals surface area contributed by atoms with Gasteiger partial charge in [-0.25, -0.2) is 0 Å². The van der Waals surface area contributed by atoms with Crippen molar-refractivity contribution in [1.82, 2.24) is 24.7 Å². The lowest BCUT2D eigenvalue weighted by Gasteiger charge is -2.19. The fourth-order valence-electron chi connectivity index (χ4n) is 2.14. The Bertz CT molecular complexity index is 511. The number of ether oxygens (including phenoxy) is 1. The van der Waals surface area contributed by atoms with Crippen LogP contribution in [0.25, 0.3) is 0 Å². The topological polar surface area (TPSA) is 64.9 Å². The molecule has 2 rings (SSSR count). The normalized spacial score (nSPS) is 12.6. The highest BCUT2D eigenvalue weighted by molar-refractivity contribution is 7.05. The Morgan fingerprint density at radius 2 is 2.20 bits per heavy atom. The molecule has 2 aromatic rings. The molecule has 0 saturated carbocycles. The molecule has 1 unspecified atom stereocenters. The van der Waals surface area contributed by atoms with E-state index in [4.69, 9.17) is 4.74 Å². The van der Waals surface area contributed by atoms with Crippen molar-refractivity contribution in [3.8, 4) is 5.75 Å². The standard InChI is InChI=1S/C13H21N5OS/c1-4-6-14-12(11-9-15-17-20-11)13-10(19-3)8-16-18(13)7-5-2/h8-9,12,14H,4-7H2,1-3H3. The summed E-state index contributed by atoms with van der Waals surface area (Å²) in [5.41, 5.74) is 1.05. The van der Waals surface area contributed by atoms with E-state index >= 15 is 0 Å². The molecule has 0 fully saturated rings. The second kappa shape index (κ2) is 7.35. The third-order valence-electron chi connectivity index (χ3n) is 3.03. The van der Waals surface area contributed by atoms with Crippen LogP contribution < -0.4 is 10.1 Å². The Kier molecular flexibility index (Phi) is 5.49. The summed E-state index contributed by atoms with van der Waals surface area (Å²) in [6.07, 6.45) is 5.67. The predicted molar refractivity (Wildman–Crippen MR) is 79.1 cm³/mol. The Morgan fingerprint density at radius 3 is 2.80 bits per heavy atom. The van der Waals surface area contributed by atoms with Crippen molar-refractivity contribution >= 4 is 11.5 Å². The van der Waals surface area contributed by atoms with E-state index in [9.17, 15) is 0 Å². The van der Waals surface area contributed by atoms with Crippen molar-refractivity contribution in [3.05, 3.63) is 23.0 Å². The zero-order valence-electron chi connectivity index (χ0n) is 12.2. The number of methoxy groups -OCH3 is 1. The van der Waals surface area contributed by atoms with Gasteiger partial charge in [0.1, 0.15) is 5.69 Å². The first-order valence-corrected chi connectivity index (χ1v) is 7.69. The van der Waals surface area contributed by atoms with Crippen LogP contribution in [0, 0.1) is 0 Å². The molecule has 0 aromatic carbocycles. The van der Waals surface area contributed by atoms with Gasteiger partial charge >= 0.3 is 0 Å². The summed E-state index contributed by atoms with van der Waals surface area (Å²) in [5.74, 6) is 0.806. The average Bonchev–Trinajstić information content (AvgIpc) is 3.10. The number of hydrogen-bond acceptors (Lipinski definition) is 6. The summed E-state index contributed by atoms with van der Waals surface area (Å²) in [7, 11) is 1.68. The lowest BCUT2D eigenvalue weighted by atomic mass is 10.1. The van der Waals surface area contributed by atoms with Crippen LogP contribution in [0.3, 0.4) is 0 Å². The van der Waals surface area contributed by atoms with Crippen LogP contribution >= 0.6 is 11.5 Å². The zero-order chi connectivity index (χ0) is 14.4. The van der Waals surface area contributed by atoms with E-state index in [1.165, 1.54) is 11.5 Å². The average molecular weight is 295 g/mol. The molecule has 20 heavy (non-hydrogen) atoms. The van der Waals surface area contributed by atoms with Gasteiger partial charge in [0.2, 0.25) is 0 Å². The van der Waals surface area contributed by atoms with Gasteiger partial charge in [0, 0.05) is 6.54 Å². The van der Waals surface area contributed by atoms with Gasteiger partial charge in [-0.1, -0.05) is 18.3 Å². The minimum Gasteiger partial charge on any atom is -0.493 e. The van der Waals surface area contributed by atoms with Crippen LogP contribution in [0.4, 0.5) is 0 Å². The number of nitrogens with one attached hydrogen (secondary N) is 1. The highest BCUT2D eigenvalue weighted by atomic mass is 32.1. The quantitative estimate of drug-likeness (QED) is 0.809. The molecule has 2 heterocycles. The first-order valence-electron chi connectivity index (χ1n) is 6.92. The molecule has 110 valence electrons. The lowest BCUT2D eigenvalue weighted by Crippen LogP contribution is -2.25. The molecule has 2 aromatic heterocycles. The van der Waals surface area contributed by atoms with E-state index in [0.29, 0.717) is 0 Å². The Labute approximate surface area is 123 Å². The van der Waals surface area contributed by atoms with Crippen molar-refractivity contribution < 1.29 is 4.74 Å². The summed E-state index contributed by atoms with van der Waals surface area (Å²) in [6, 6.07) is 0.0268. The van der Waals surface area contributed by atoms with E-state index in [-0.39, 0.29) is 6.04 Å². The minimum absolute atomic E-state index is 0.0268. The molecule has 0 aliphatic heterocycles. The zero-order valence-corrected chi connectivity index (χ0v) is 13.0. The monoisotopic (exact) mass is 295 g/mol. The number of hydrogen-bond donors (Lipinski definition) is 1. The number of aromatic nitrogens is 4. The number of aryl methyl sites for hydroxylation is 1. The summed E-state index contributed by atoms with van der Waals surface area (Å²) in [4.78, 5) is 1.08. The summed E-state index contributed by atoms with van der Waals surface area (Å²) < 4.78 is 11.5. The van der Waals surface area contributed by atoms with Crippen LogP contribution in [-0.4, -0.2) is 33.0 Å². The third kappa shape index (κ3) is 3.16. The van der Waals surface area contributed by atoms with Gasteiger partial charge in [0.05, 0.1) is 30.4 Å². The highest BCUT2D eigenvalue weighted by Gasteiger charge is 2.24. The van der Waals surface area contributed by atoms with Crippen LogP contribution in [0.1, 0.15) is 43.3 Å². The van der Waals surface area contributed by atoms with Crippen LogP contribution in [0.15, 0.2) is 12.4 Å². The minimum atomic E-state index is 0.0268. The largest absolute Gasteiger partial charge is 0.493 e. The Hall–Kier alpha value is -1.47. The second-order valence-electron chi connectivity index (χ2n) is 4.53. The molecule has 0 radical (unpaired) electrons. The van der Waals surface area contributed by atoms with E-state index in [2.05, 4.69) is 33.8 Å². The van der Waals surface area contributed by atoms with Crippen molar-refractivity contribution in [2.75, 3.05) is 13.7 Å². The highest BCUT2D eigenvalue weighted by Crippen LogP contribution is 2.31. The molecule has 0 saturated heterocycles. The van der Waals surface area contributed by atoms with Crippen molar-refractivity contribution in [2.24, 2.45) is 0 Å². The molecular weight excluding hydrogens is 274 g/mol. The van der Waals surface area contributed by atoms with Crippen LogP contribution in [-0.2, 0) is 6.54 Å². The molecule has 1 N–H and O–H groups in total. The first kappa shape index (κ1) is 14.9. The van der Waals surface area contributed by atoms with Crippen LogP contribution in [0.2, 0.25) is 0 Å². The smallest absolute Gasteiger partial charge is 0.161 e. The summed E-state index contributed by atoms with van der Waals surface area (Å²) in [6.45, 7) is 6.08. The number of rotatable bonds is 8. The summed E-state index contributed by atoms with van der Waals surface area (Å²) in [5, 5.41) is 11.9. The van der Waals surface area contributed by atoms with Crippen molar-refractivity contribution in [2.45, 2.75) is 39.3 Å². The maximum Gasteiger partial charge on any atom is 0.161 e. The van der Waals surface area contributed by atoms with Crippen molar-refractivity contribution in [3.63, 3.8) is 0 Å². The predicted octanol–water partition coefficient (Wildman–Crippen LogP) is 2.24. The molecule has 6 nitrogen and oxygen atoms in total. The van der Waals surface area contributed by atoms with Crippen LogP contribution in [0.5, 0.6) is 5.75 Å². The molecule has 0 spiro atoms. The molecule has 0 amide bonds. The molecule has 0 aliphatic carbocycles. The maximum atomic E-state index is 5.47. The van der Waals surface area contributed by atoms with Gasteiger partial charge in [0.15, 0.2) is 5.75 Å². The van der Waals surface area contributed by atoms with E-state index < -0.39 is 0 Å². The Balaban J connectivity index is 2.38. The molecule has 0 bridgehead atoms. The van der Waals surface area contributed by atoms with Gasteiger partial charge in [-0.15, -0.1) is 5.10 Å². The van der Waals surface area contributed by atoms with Gasteiger partial charge < -0.3 is 10.1 Å². The van der Waals surface area contributed by atoms with E-state index in [1.807, 2.05) is 4.68 Å². The van der Waals surface area contributed by atoms with Gasteiger partial charge in [-0.3, -0.25) is 4.68 Å². The molecule has 7 heteroatoms. The fourth-order valence-corrected chi connectivity index (χ4v) is 2.72. The molecule has 1 atom stereocenters. The SMILES string of the molecule is CCCNC(c1cnns1)c1c(OC)cnn1CCC. The van der Waals surface area contributed by atoms with Gasteiger partial charge in [-0.2, -0.15) is 5.10 Å². The number of nitrogens with zero attached hydrogens (tertiary/aromatic N) is 4. The maximum absolute atomic E-state index is 5.47. The first-order chi connectivity index (χ1) is 9.81. The third-order valence-corrected chi connectivity index (χ3v) is 3.76. The van der Waals surface area contributed by atoms with E-state index in [0.717, 1.165) is 42.3 Å². The molecular formula is C13H21N5OS. The van der Waals surface area contributed by atoms with E-state index in [1.54, 1.807) is 19.5 Å². The Morgan fingerprint density at radius 1 is 1.35 bits per heavy atom. The fraction of sp³-hybridized carbons (Fsp3) is 0.615. The second-order valence-corrected chi connectivity index (χ2v) is 5.35. The van der Waals surface area contributed by atoms with Gasteiger partial charge in [-0.05, 0) is 30.9 Å². The van der Waals surface area contributed by atoms with Gasteiger partial charge in [0.25, 0.3) is 0 Å². The lowest BCUT2D eigenvalue weighted by molar-refractivity contribution is 0.398. The van der Waals surface area contributed by atoms with Crippen molar-refractivity contribution in [1.29, 1.82) is 0 Å².